The fourth-order valence-electron chi connectivity index (χ4n) is 3.02. The van der Waals surface area contributed by atoms with Crippen LogP contribution in [0.25, 0.3) is 0 Å². The maximum absolute atomic E-state index is 14.2. The summed E-state index contributed by atoms with van der Waals surface area (Å²) in [5, 5.41) is 2.69. The SMILES string of the molecule is C[C@H](CNC(=O)c1cc(S(=O)(=O)N2CCOCC2)ccc1F)c1ccccc1. The zero-order chi connectivity index (χ0) is 20.1. The van der Waals surface area contributed by atoms with Gasteiger partial charge in [0.05, 0.1) is 23.7 Å². The molecule has 0 saturated carbocycles. The Morgan fingerprint density at radius 3 is 2.54 bits per heavy atom. The minimum Gasteiger partial charge on any atom is -0.379 e. The molecule has 1 saturated heterocycles. The van der Waals surface area contributed by atoms with Gasteiger partial charge < -0.3 is 10.1 Å². The molecular formula is C20H23FN2O4S. The standard InChI is InChI=1S/C20H23FN2O4S/c1-15(16-5-3-2-4-6-16)14-22-20(24)18-13-17(7-8-19(18)21)28(25,26)23-9-11-27-12-10-23/h2-8,13,15H,9-12,14H2,1H3,(H,22,24)/t15-/m1/s1. The topological polar surface area (TPSA) is 75.7 Å². The van der Waals surface area contributed by atoms with Gasteiger partial charge in [0.15, 0.2) is 0 Å². The monoisotopic (exact) mass is 406 g/mol. The van der Waals surface area contributed by atoms with Gasteiger partial charge in [0, 0.05) is 19.6 Å². The summed E-state index contributed by atoms with van der Waals surface area (Å²) in [6.45, 7) is 3.34. The highest BCUT2D eigenvalue weighted by Gasteiger charge is 2.28. The van der Waals surface area contributed by atoms with Gasteiger partial charge in [-0.15, -0.1) is 0 Å². The number of carbonyl (C=O) groups is 1. The zero-order valence-electron chi connectivity index (χ0n) is 15.6. The average Bonchev–Trinajstić information content (AvgIpc) is 2.73. The van der Waals surface area contributed by atoms with Crippen LogP contribution >= 0.6 is 0 Å². The molecule has 1 amide bonds. The lowest BCUT2D eigenvalue weighted by atomic mass is 10.0. The van der Waals surface area contributed by atoms with Crippen molar-refractivity contribution in [1.82, 2.24) is 9.62 Å². The van der Waals surface area contributed by atoms with Gasteiger partial charge in [-0.05, 0) is 29.7 Å². The van der Waals surface area contributed by atoms with E-state index in [9.17, 15) is 17.6 Å². The number of morpholine rings is 1. The molecule has 1 aliphatic heterocycles. The summed E-state index contributed by atoms with van der Waals surface area (Å²) in [6, 6.07) is 12.9. The molecule has 1 N–H and O–H groups in total. The van der Waals surface area contributed by atoms with E-state index < -0.39 is 21.7 Å². The van der Waals surface area contributed by atoms with E-state index in [1.54, 1.807) is 0 Å². The lowest BCUT2D eigenvalue weighted by Gasteiger charge is -2.26. The zero-order valence-corrected chi connectivity index (χ0v) is 16.4. The molecule has 2 aromatic carbocycles. The second-order valence-electron chi connectivity index (χ2n) is 6.68. The fraction of sp³-hybridized carbons (Fsp3) is 0.350. The van der Waals surface area contributed by atoms with Crippen molar-refractivity contribution in [1.29, 1.82) is 0 Å². The van der Waals surface area contributed by atoms with Crippen LogP contribution in [0.2, 0.25) is 0 Å². The Hall–Kier alpha value is -2.29. The first kappa shape index (κ1) is 20.4. The normalized spacial score (nSPS) is 16.5. The third kappa shape index (κ3) is 4.57. The summed E-state index contributed by atoms with van der Waals surface area (Å²) in [5.74, 6) is -1.36. The summed E-state index contributed by atoms with van der Waals surface area (Å²) in [6.07, 6.45) is 0. The van der Waals surface area contributed by atoms with E-state index >= 15 is 0 Å². The van der Waals surface area contributed by atoms with E-state index in [1.807, 2.05) is 37.3 Å². The van der Waals surface area contributed by atoms with Crippen LogP contribution in [0.15, 0.2) is 53.4 Å². The quantitative estimate of drug-likeness (QED) is 0.799. The van der Waals surface area contributed by atoms with Crippen molar-refractivity contribution in [3.8, 4) is 0 Å². The van der Waals surface area contributed by atoms with Gasteiger partial charge >= 0.3 is 0 Å². The summed E-state index contributed by atoms with van der Waals surface area (Å²) in [5.41, 5.74) is 0.765. The van der Waals surface area contributed by atoms with Gasteiger partial charge in [-0.25, -0.2) is 12.8 Å². The van der Waals surface area contributed by atoms with Gasteiger partial charge in [0.2, 0.25) is 10.0 Å². The number of hydrogen-bond acceptors (Lipinski definition) is 4. The van der Waals surface area contributed by atoms with E-state index in [4.69, 9.17) is 4.74 Å². The van der Waals surface area contributed by atoms with Crippen LogP contribution in [-0.2, 0) is 14.8 Å². The summed E-state index contributed by atoms with van der Waals surface area (Å²) >= 11 is 0. The highest BCUT2D eigenvalue weighted by atomic mass is 32.2. The Kier molecular flexibility index (Phi) is 6.43. The van der Waals surface area contributed by atoms with Crippen molar-refractivity contribution in [2.75, 3.05) is 32.8 Å². The third-order valence-electron chi connectivity index (χ3n) is 4.73. The van der Waals surface area contributed by atoms with Crippen molar-refractivity contribution in [3.05, 3.63) is 65.5 Å². The Morgan fingerprint density at radius 2 is 1.86 bits per heavy atom. The molecular weight excluding hydrogens is 383 g/mol. The first-order valence-corrected chi connectivity index (χ1v) is 10.5. The molecule has 28 heavy (non-hydrogen) atoms. The molecule has 0 radical (unpaired) electrons. The molecule has 6 nitrogen and oxygen atoms in total. The van der Waals surface area contributed by atoms with Crippen LogP contribution in [0.5, 0.6) is 0 Å². The van der Waals surface area contributed by atoms with Crippen molar-refractivity contribution < 1.29 is 22.3 Å². The predicted octanol–water partition coefficient (Wildman–Crippen LogP) is 2.38. The predicted molar refractivity (Wildman–Crippen MR) is 103 cm³/mol. The van der Waals surface area contributed by atoms with Crippen molar-refractivity contribution >= 4 is 15.9 Å². The van der Waals surface area contributed by atoms with Crippen LogP contribution in [0.4, 0.5) is 4.39 Å². The van der Waals surface area contributed by atoms with Crippen molar-refractivity contribution in [2.24, 2.45) is 0 Å². The van der Waals surface area contributed by atoms with E-state index in [2.05, 4.69) is 5.32 Å². The number of carbonyl (C=O) groups excluding carboxylic acids is 1. The fourth-order valence-corrected chi connectivity index (χ4v) is 4.45. The summed E-state index contributed by atoms with van der Waals surface area (Å²) < 4.78 is 46.1. The lowest BCUT2D eigenvalue weighted by Crippen LogP contribution is -2.40. The number of amides is 1. The first-order valence-electron chi connectivity index (χ1n) is 9.10. The van der Waals surface area contributed by atoms with Crippen molar-refractivity contribution in [3.63, 3.8) is 0 Å². The van der Waals surface area contributed by atoms with E-state index in [1.165, 1.54) is 10.4 Å². The van der Waals surface area contributed by atoms with Crippen LogP contribution in [0, 0.1) is 5.82 Å². The van der Waals surface area contributed by atoms with Crippen LogP contribution in [0.3, 0.4) is 0 Å². The number of benzene rings is 2. The Balaban J connectivity index is 1.74. The minimum absolute atomic E-state index is 0.0356. The van der Waals surface area contributed by atoms with Gasteiger partial charge in [0.1, 0.15) is 5.82 Å². The highest BCUT2D eigenvalue weighted by Crippen LogP contribution is 2.21. The Labute approximate surface area is 164 Å². The number of sulfonamides is 1. The van der Waals surface area contributed by atoms with Crippen molar-refractivity contribution in [2.45, 2.75) is 17.7 Å². The third-order valence-corrected chi connectivity index (χ3v) is 6.62. The summed E-state index contributed by atoms with van der Waals surface area (Å²) in [7, 11) is -3.80. The number of nitrogens with one attached hydrogen (secondary N) is 1. The molecule has 1 fully saturated rings. The molecule has 1 heterocycles. The molecule has 0 spiro atoms. The molecule has 0 unspecified atom stereocenters. The van der Waals surface area contributed by atoms with Gasteiger partial charge in [-0.1, -0.05) is 37.3 Å². The maximum Gasteiger partial charge on any atom is 0.254 e. The largest absolute Gasteiger partial charge is 0.379 e. The number of hydrogen-bond donors (Lipinski definition) is 1. The Bertz CT molecular complexity index is 928. The molecule has 150 valence electrons. The molecule has 0 aromatic heterocycles. The average molecular weight is 406 g/mol. The second-order valence-corrected chi connectivity index (χ2v) is 8.62. The van der Waals surface area contributed by atoms with Crippen LogP contribution < -0.4 is 5.32 Å². The molecule has 3 rings (SSSR count). The molecule has 1 aliphatic rings. The van der Waals surface area contributed by atoms with Crippen LogP contribution in [-0.4, -0.2) is 51.5 Å². The second kappa shape index (κ2) is 8.81. The van der Waals surface area contributed by atoms with E-state index in [0.29, 0.717) is 19.8 Å². The number of halogens is 1. The summed E-state index contributed by atoms with van der Waals surface area (Å²) in [4.78, 5) is 12.4. The minimum atomic E-state index is -3.80. The molecule has 2 aromatic rings. The van der Waals surface area contributed by atoms with Gasteiger partial charge in [-0.2, -0.15) is 4.31 Å². The number of rotatable bonds is 6. The lowest BCUT2D eigenvalue weighted by molar-refractivity contribution is 0.0730. The van der Waals surface area contributed by atoms with Gasteiger partial charge in [0.25, 0.3) is 5.91 Å². The molecule has 1 atom stereocenters. The highest BCUT2D eigenvalue weighted by molar-refractivity contribution is 7.89. The van der Waals surface area contributed by atoms with Crippen LogP contribution in [0.1, 0.15) is 28.8 Å². The number of nitrogens with zero attached hydrogens (tertiary/aromatic N) is 1. The van der Waals surface area contributed by atoms with E-state index in [0.717, 1.165) is 17.7 Å². The maximum atomic E-state index is 14.2. The molecule has 8 heteroatoms. The first-order chi connectivity index (χ1) is 13.4. The number of ether oxygens (including phenoxy) is 1. The Morgan fingerprint density at radius 1 is 1.18 bits per heavy atom. The molecule has 0 aliphatic carbocycles. The smallest absolute Gasteiger partial charge is 0.254 e. The van der Waals surface area contributed by atoms with Gasteiger partial charge in [-0.3, -0.25) is 4.79 Å². The van der Waals surface area contributed by atoms with E-state index in [-0.39, 0.29) is 29.5 Å². The molecule has 0 bridgehead atoms.